The van der Waals surface area contributed by atoms with E-state index >= 15 is 0 Å². The maximum Gasteiger partial charge on any atom is 0.238 e. The molecule has 4 atom stereocenters. The van der Waals surface area contributed by atoms with Gasteiger partial charge in [0, 0.05) is 13.0 Å². The van der Waals surface area contributed by atoms with Crippen LogP contribution >= 0.6 is 0 Å². The summed E-state index contributed by atoms with van der Waals surface area (Å²) in [6.07, 6.45) is 2.25. The molecule has 0 saturated carbocycles. The number of nitrogens with zero attached hydrogens (tertiary/aromatic N) is 1. The molecule has 0 aromatic heterocycles. The number of allylic oxidation sites excluding steroid dienone is 1. The minimum atomic E-state index is -0.946. The van der Waals surface area contributed by atoms with Crippen molar-refractivity contribution >= 4 is 29.2 Å². The summed E-state index contributed by atoms with van der Waals surface area (Å²) in [6.45, 7) is -0.162. The summed E-state index contributed by atoms with van der Waals surface area (Å²) in [6, 6.07) is 25.7. The number of phenols is 1. The van der Waals surface area contributed by atoms with Crippen LogP contribution < -0.4 is 4.90 Å². The number of para-hydroxylation sites is 1. The van der Waals surface area contributed by atoms with E-state index in [1.807, 2.05) is 54.6 Å². The van der Waals surface area contributed by atoms with Crippen LogP contribution in [0.4, 0.5) is 5.69 Å². The van der Waals surface area contributed by atoms with Crippen molar-refractivity contribution in [1.82, 2.24) is 0 Å². The van der Waals surface area contributed by atoms with Crippen molar-refractivity contribution in [2.45, 2.75) is 25.4 Å². The highest BCUT2D eigenvalue weighted by Crippen LogP contribution is 2.47. The molecule has 3 aromatic carbocycles. The summed E-state index contributed by atoms with van der Waals surface area (Å²) in [7, 11) is 1.56. The number of rotatable bonds is 10. The maximum absolute atomic E-state index is 13.7. The lowest BCUT2D eigenvalue weighted by molar-refractivity contribution is -0.123. The number of methoxy groups -OCH3 is 1. The summed E-state index contributed by atoms with van der Waals surface area (Å²) in [5, 5.41) is 31.9. The molecule has 1 saturated heterocycles. The molecule has 2 aliphatic rings. The largest absolute Gasteiger partial charge is 0.508 e. The Kier molecular flexibility index (Phi) is 8.78. The molecule has 0 spiro atoms. The quantitative estimate of drug-likeness (QED) is 0.189. The van der Waals surface area contributed by atoms with Gasteiger partial charge in [-0.15, -0.1) is 0 Å². The van der Waals surface area contributed by atoms with Crippen LogP contribution in [-0.4, -0.2) is 53.6 Å². The molecule has 1 aliphatic heterocycles. The van der Waals surface area contributed by atoms with E-state index < -0.39 is 23.9 Å². The minimum absolute atomic E-state index is 0.188. The van der Waals surface area contributed by atoms with E-state index in [9.17, 15) is 24.9 Å². The first kappa shape index (κ1) is 28.5. The predicted octanol–water partition coefficient (Wildman–Crippen LogP) is 4.83. The fourth-order valence-corrected chi connectivity index (χ4v) is 6.27. The average molecular weight is 554 g/mol. The maximum atomic E-state index is 13.7. The molecule has 5 rings (SSSR count). The third-order valence-electron chi connectivity index (χ3n) is 8.14. The molecule has 212 valence electrons. The van der Waals surface area contributed by atoms with Crippen LogP contribution in [0, 0.1) is 17.8 Å². The standard InChI is InChI=1S/C34H35NO6/c1-41-21-25-19-28-32(34(40)35(33(28)39)26-10-6-3-7-11-26)29(20-36)31(25)30(38)17-14-24(23-8-4-2-5-9-23)18-22-12-15-27(37)16-13-22/h2-13,15-16,18,28-30,32,36-38H,14,17,19-21H2,1H3/b24-18-/t28-,29+,30-,32-/m1/s1. The number of ether oxygens (including phenoxy) is 1. The van der Waals surface area contributed by atoms with Crippen LogP contribution in [0.1, 0.15) is 30.4 Å². The third kappa shape index (κ3) is 5.88. The van der Waals surface area contributed by atoms with Gasteiger partial charge in [-0.2, -0.15) is 0 Å². The van der Waals surface area contributed by atoms with Gasteiger partial charge in [0.05, 0.1) is 36.8 Å². The number of aliphatic hydroxyl groups is 2. The molecule has 0 bridgehead atoms. The highest BCUT2D eigenvalue weighted by molar-refractivity contribution is 6.22. The van der Waals surface area contributed by atoms with Crippen LogP contribution in [0.2, 0.25) is 0 Å². The number of anilines is 1. The number of amides is 2. The van der Waals surface area contributed by atoms with Gasteiger partial charge in [-0.05, 0) is 71.4 Å². The topological polar surface area (TPSA) is 107 Å². The van der Waals surface area contributed by atoms with Crippen molar-refractivity contribution in [1.29, 1.82) is 0 Å². The number of carbonyl (C=O) groups excluding carboxylic acids is 2. The van der Waals surface area contributed by atoms with Crippen LogP contribution in [0.3, 0.4) is 0 Å². The zero-order valence-electron chi connectivity index (χ0n) is 23.0. The van der Waals surface area contributed by atoms with Crippen molar-refractivity contribution in [3.8, 4) is 5.75 Å². The first-order valence-corrected chi connectivity index (χ1v) is 13.9. The molecule has 41 heavy (non-hydrogen) atoms. The lowest BCUT2D eigenvalue weighted by atomic mass is 9.68. The second-order valence-corrected chi connectivity index (χ2v) is 10.6. The van der Waals surface area contributed by atoms with Crippen molar-refractivity contribution in [3.05, 3.63) is 107 Å². The second-order valence-electron chi connectivity index (χ2n) is 10.6. The lowest BCUT2D eigenvalue weighted by Crippen LogP contribution is -2.39. The van der Waals surface area contributed by atoms with Gasteiger partial charge < -0.3 is 20.1 Å². The van der Waals surface area contributed by atoms with Crippen LogP contribution in [-0.2, 0) is 14.3 Å². The van der Waals surface area contributed by atoms with Gasteiger partial charge in [-0.3, -0.25) is 14.5 Å². The molecule has 0 unspecified atom stereocenters. The molecule has 1 fully saturated rings. The Morgan fingerprint density at radius 1 is 0.976 bits per heavy atom. The van der Waals surface area contributed by atoms with Gasteiger partial charge in [-0.1, -0.05) is 66.7 Å². The van der Waals surface area contributed by atoms with E-state index in [4.69, 9.17) is 4.74 Å². The predicted molar refractivity (Wildman–Crippen MR) is 158 cm³/mol. The van der Waals surface area contributed by atoms with Gasteiger partial charge >= 0.3 is 0 Å². The van der Waals surface area contributed by atoms with Crippen LogP contribution in [0.5, 0.6) is 5.75 Å². The van der Waals surface area contributed by atoms with Gasteiger partial charge in [0.2, 0.25) is 11.8 Å². The fraction of sp³-hybridized carbons (Fsp3) is 0.294. The molecule has 1 aliphatic carbocycles. The Balaban J connectivity index is 1.44. The highest BCUT2D eigenvalue weighted by Gasteiger charge is 2.55. The van der Waals surface area contributed by atoms with Crippen molar-refractivity contribution < 1.29 is 29.6 Å². The number of phenolic OH excluding ortho intramolecular Hbond substituents is 1. The summed E-state index contributed by atoms with van der Waals surface area (Å²) in [5.41, 5.74) is 4.80. The number of carbonyl (C=O) groups is 2. The molecular formula is C34H35NO6. The summed E-state index contributed by atoms with van der Waals surface area (Å²) in [5.74, 6) is -2.50. The highest BCUT2D eigenvalue weighted by atomic mass is 16.5. The Hall–Kier alpha value is -4.04. The summed E-state index contributed by atoms with van der Waals surface area (Å²) < 4.78 is 5.47. The minimum Gasteiger partial charge on any atom is -0.508 e. The van der Waals surface area contributed by atoms with Gasteiger partial charge in [0.25, 0.3) is 0 Å². The summed E-state index contributed by atoms with van der Waals surface area (Å²) >= 11 is 0. The van der Waals surface area contributed by atoms with E-state index in [1.54, 1.807) is 43.5 Å². The molecule has 0 radical (unpaired) electrons. The average Bonchev–Trinajstić information content (AvgIpc) is 3.25. The van der Waals surface area contributed by atoms with Crippen LogP contribution in [0.15, 0.2) is 96.1 Å². The van der Waals surface area contributed by atoms with Crippen molar-refractivity contribution in [2.24, 2.45) is 17.8 Å². The van der Waals surface area contributed by atoms with Crippen LogP contribution in [0.25, 0.3) is 11.6 Å². The van der Waals surface area contributed by atoms with E-state index in [1.165, 1.54) is 4.90 Å². The first-order valence-electron chi connectivity index (χ1n) is 13.9. The van der Waals surface area contributed by atoms with E-state index in [0.717, 1.165) is 22.3 Å². The third-order valence-corrected chi connectivity index (χ3v) is 8.14. The van der Waals surface area contributed by atoms with E-state index in [-0.39, 0.29) is 30.8 Å². The van der Waals surface area contributed by atoms with Gasteiger partial charge in [0.15, 0.2) is 0 Å². The Bertz CT molecular complexity index is 1430. The molecule has 3 aromatic rings. The number of benzene rings is 3. The number of hydrogen-bond donors (Lipinski definition) is 3. The number of imide groups is 1. The molecular weight excluding hydrogens is 518 g/mol. The zero-order valence-corrected chi connectivity index (χ0v) is 23.0. The lowest BCUT2D eigenvalue weighted by Gasteiger charge is -2.36. The molecule has 1 heterocycles. The SMILES string of the molecule is COCC1=C([C@H](O)CC/C(=C/c2ccc(O)cc2)c2ccccc2)[C@H](CO)[C@@H]2C(=O)N(c3ccccc3)C(=O)[C@@H]2C1. The molecule has 3 N–H and O–H groups in total. The number of aliphatic hydroxyl groups excluding tert-OH is 2. The van der Waals surface area contributed by atoms with Crippen molar-refractivity contribution in [2.75, 3.05) is 25.2 Å². The monoisotopic (exact) mass is 553 g/mol. The Morgan fingerprint density at radius 3 is 2.27 bits per heavy atom. The zero-order chi connectivity index (χ0) is 28.9. The Labute approximate surface area is 240 Å². The smallest absolute Gasteiger partial charge is 0.238 e. The second kappa shape index (κ2) is 12.6. The van der Waals surface area contributed by atoms with E-state index in [2.05, 4.69) is 0 Å². The normalized spacial score (nSPS) is 21.8. The number of hydrogen-bond acceptors (Lipinski definition) is 6. The summed E-state index contributed by atoms with van der Waals surface area (Å²) in [4.78, 5) is 28.4. The van der Waals surface area contributed by atoms with Crippen molar-refractivity contribution in [3.63, 3.8) is 0 Å². The van der Waals surface area contributed by atoms with E-state index in [0.29, 0.717) is 30.5 Å². The molecule has 2 amide bonds. The fourth-order valence-electron chi connectivity index (χ4n) is 6.27. The van der Waals surface area contributed by atoms with Gasteiger partial charge in [0.1, 0.15) is 5.75 Å². The number of aromatic hydroxyl groups is 1. The molecule has 7 nitrogen and oxygen atoms in total. The molecule has 7 heteroatoms. The Morgan fingerprint density at radius 2 is 1.63 bits per heavy atom. The van der Waals surface area contributed by atoms with Gasteiger partial charge in [-0.25, -0.2) is 0 Å². The first-order chi connectivity index (χ1) is 19.9. The number of fused-ring (bicyclic) bond motifs is 1.